The predicted octanol–water partition coefficient (Wildman–Crippen LogP) is 7.42. The van der Waals surface area contributed by atoms with E-state index in [0.717, 1.165) is 17.9 Å². The van der Waals surface area contributed by atoms with E-state index in [0.29, 0.717) is 0 Å². The monoisotopic (exact) mass is 406 g/mol. The first-order valence-electron chi connectivity index (χ1n) is 10.7. The van der Waals surface area contributed by atoms with Gasteiger partial charge in [0.1, 0.15) is 0 Å². The highest BCUT2D eigenvalue weighted by Crippen LogP contribution is 2.59. The summed E-state index contributed by atoms with van der Waals surface area (Å²) in [6, 6.07) is 29.3. The zero-order chi connectivity index (χ0) is 20.5. The van der Waals surface area contributed by atoms with Gasteiger partial charge in [-0.25, -0.2) is 0 Å². The van der Waals surface area contributed by atoms with Crippen LogP contribution in [0, 0.1) is 13.8 Å². The molecule has 0 nitrogen and oxygen atoms in total. The summed E-state index contributed by atoms with van der Waals surface area (Å²) in [5.41, 5.74) is 13.1. The number of halogens is 1. The van der Waals surface area contributed by atoms with E-state index in [4.69, 9.17) is 11.6 Å². The molecule has 0 saturated carbocycles. The van der Waals surface area contributed by atoms with Gasteiger partial charge in [-0.05, 0) is 71.7 Å². The summed E-state index contributed by atoms with van der Waals surface area (Å²) in [4.78, 5) is 0. The molecule has 0 amide bonds. The first-order valence-corrected chi connectivity index (χ1v) is 11.1. The van der Waals surface area contributed by atoms with Gasteiger partial charge in [0.2, 0.25) is 0 Å². The molecule has 0 radical (unpaired) electrons. The molecular weight excluding hydrogens is 384 g/mol. The molecule has 0 unspecified atom stereocenters. The van der Waals surface area contributed by atoms with E-state index in [1.54, 1.807) is 0 Å². The van der Waals surface area contributed by atoms with E-state index in [1.807, 2.05) is 6.07 Å². The smallest absolute Gasteiger partial charge is 0.0719 e. The van der Waals surface area contributed by atoms with Gasteiger partial charge in [0.05, 0.1) is 5.41 Å². The second kappa shape index (κ2) is 6.33. The average molecular weight is 407 g/mol. The van der Waals surface area contributed by atoms with Crippen LogP contribution in [0.1, 0.15) is 44.5 Å². The Morgan fingerprint density at radius 2 is 1.23 bits per heavy atom. The Labute approximate surface area is 183 Å². The van der Waals surface area contributed by atoms with Crippen molar-refractivity contribution >= 4 is 11.6 Å². The predicted molar refractivity (Wildman–Crippen MR) is 126 cm³/mol. The topological polar surface area (TPSA) is 0 Å². The minimum absolute atomic E-state index is 0.323. The number of fused-ring (bicyclic) bond motifs is 9. The SMILES string of the molecule is Cc1ccc2c(c1)C1(c3cc(C)ccc3CC2)c2ccccc2-c2c(Cl)cccc21. The van der Waals surface area contributed by atoms with Crippen LogP contribution in [0.25, 0.3) is 11.1 Å². The molecule has 0 heterocycles. The molecule has 0 bridgehead atoms. The van der Waals surface area contributed by atoms with Crippen LogP contribution in [0.3, 0.4) is 0 Å². The zero-order valence-corrected chi connectivity index (χ0v) is 18.1. The summed E-state index contributed by atoms with van der Waals surface area (Å²) in [6.07, 6.45) is 2.12. The average Bonchev–Trinajstić information content (AvgIpc) is 2.97. The normalized spacial score (nSPS) is 15.2. The number of hydrogen-bond acceptors (Lipinski definition) is 0. The summed E-state index contributed by atoms with van der Waals surface area (Å²) < 4.78 is 0. The fraction of sp³-hybridized carbons (Fsp3) is 0.172. The Kier molecular flexibility index (Phi) is 3.80. The molecule has 1 heteroatoms. The molecule has 0 aromatic heterocycles. The van der Waals surface area contributed by atoms with Gasteiger partial charge in [-0.1, -0.05) is 95.5 Å². The maximum Gasteiger partial charge on any atom is 0.0719 e. The third kappa shape index (κ3) is 2.23. The van der Waals surface area contributed by atoms with Gasteiger partial charge in [-0.15, -0.1) is 0 Å². The Hall–Kier alpha value is -2.83. The van der Waals surface area contributed by atoms with Crippen LogP contribution in [0.4, 0.5) is 0 Å². The molecule has 146 valence electrons. The highest BCUT2D eigenvalue weighted by Gasteiger charge is 2.49. The molecule has 0 N–H and O–H groups in total. The van der Waals surface area contributed by atoms with E-state index < -0.39 is 0 Å². The molecule has 4 aromatic rings. The molecule has 0 atom stereocenters. The lowest BCUT2D eigenvalue weighted by atomic mass is 9.66. The van der Waals surface area contributed by atoms with Gasteiger partial charge >= 0.3 is 0 Å². The van der Waals surface area contributed by atoms with Crippen molar-refractivity contribution in [2.45, 2.75) is 32.1 Å². The lowest BCUT2D eigenvalue weighted by molar-refractivity contribution is 0.760. The third-order valence-corrected chi connectivity index (χ3v) is 7.34. The zero-order valence-electron chi connectivity index (χ0n) is 17.3. The Bertz CT molecular complexity index is 1270. The van der Waals surface area contributed by atoms with Crippen molar-refractivity contribution in [3.63, 3.8) is 0 Å². The maximum atomic E-state index is 6.86. The number of aryl methyl sites for hydroxylation is 4. The minimum atomic E-state index is -0.323. The quantitative estimate of drug-likeness (QED) is 0.251. The van der Waals surface area contributed by atoms with Crippen LogP contribution in [-0.4, -0.2) is 0 Å². The van der Waals surface area contributed by atoms with Crippen LogP contribution in [0.15, 0.2) is 78.9 Å². The lowest BCUT2D eigenvalue weighted by Crippen LogP contribution is -2.30. The van der Waals surface area contributed by atoms with Gasteiger partial charge in [0.15, 0.2) is 0 Å². The van der Waals surface area contributed by atoms with E-state index in [1.165, 1.54) is 55.6 Å². The summed E-state index contributed by atoms with van der Waals surface area (Å²) in [5, 5.41) is 0.837. The van der Waals surface area contributed by atoms with Gasteiger partial charge in [0.25, 0.3) is 0 Å². The number of rotatable bonds is 0. The molecule has 0 saturated heterocycles. The largest absolute Gasteiger partial charge is 0.0837 e. The van der Waals surface area contributed by atoms with E-state index in [-0.39, 0.29) is 5.41 Å². The molecular formula is C29H23Cl. The van der Waals surface area contributed by atoms with Gasteiger partial charge in [-0.2, -0.15) is 0 Å². The van der Waals surface area contributed by atoms with Crippen LogP contribution >= 0.6 is 11.6 Å². The molecule has 2 aliphatic carbocycles. The van der Waals surface area contributed by atoms with Crippen molar-refractivity contribution in [2.75, 3.05) is 0 Å². The Morgan fingerprint density at radius 1 is 0.633 bits per heavy atom. The van der Waals surface area contributed by atoms with Crippen molar-refractivity contribution in [2.24, 2.45) is 0 Å². The first kappa shape index (κ1) is 18.0. The summed E-state index contributed by atoms with van der Waals surface area (Å²) in [6.45, 7) is 4.41. The molecule has 30 heavy (non-hydrogen) atoms. The van der Waals surface area contributed by atoms with Gasteiger partial charge in [-0.3, -0.25) is 0 Å². The van der Waals surface area contributed by atoms with Crippen LogP contribution in [0.2, 0.25) is 5.02 Å². The van der Waals surface area contributed by atoms with E-state index in [9.17, 15) is 0 Å². The molecule has 0 aliphatic heterocycles. The second-order valence-corrected chi connectivity index (χ2v) is 9.19. The maximum absolute atomic E-state index is 6.86. The summed E-state index contributed by atoms with van der Waals surface area (Å²) in [7, 11) is 0. The highest BCUT2D eigenvalue weighted by molar-refractivity contribution is 6.34. The standard InChI is InChI=1S/C29H23Cl/c1-18-10-12-20-14-15-21-13-11-19(2)17-26(21)29(25(20)16-18)23-7-4-3-6-22(23)28-24(29)8-5-9-27(28)30/h3-13,16-17H,14-15H2,1-2H3. The van der Waals surface area contributed by atoms with Crippen molar-refractivity contribution in [3.8, 4) is 11.1 Å². The minimum Gasteiger partial charge on any atom is -0.0837 e. The van der Waals surface area contributed by atoms with Gasteiger partial charge in [0, 0.05) is 10.6 Å². The van der Waals surface area contributed by atoms with Gasteiger partial charge < -0.3 is 0 Å². The fourth-order valence-electron chi connectivity index (χ4n) is 5.79. The van der Waals surface area contributed by atoms with Crippen molar-refractivity contribution in [3.05, 3.63) is 128 Å². The summed E-state index contributed by atoms with van der Waals surface area (Å²) >= 11 is 6.86. The lowest BCUT2D eigenvalue weighted by Gasteiger charge is -2.35. The molecule has 6 rings (SSSR count). The Balaban J connectivity index is 1.89. The molecule has 4 aromatic carbocycles. The molecule has 2 aliphatic rings. The number of hydrogen-bond donors (Lipinski definition) is 0. The third-order valence-electron chi connectivity index (χ3n) is 7.02. The summed E-state index contributed by atoms with van der Waals surface area (Å²) in [5.74, 6) is 0. The first-order chi connectivity index (χ1) is 14.6. The van der Waals surface area contributed by atoms with Crippen LogP contribution in [-0.2, 0) is 18.3 Å². The highest BCUT2D eigenvalue weighted by atomic mass is 35.5. The van der Waals surface area contributed by atoms with Crippen molar-refractivity contribution in [1.82, 2.24) is 0 Å². The molecule has 1 spiro atoms. The fourth-order valence-corrected chi connectivity index (χ4v) is 6.07. The van der Waals surface area contributed by atoms with E-state index in [2.05, 4.69) is 86.6 Å². The molecule has 0 fully saturated rings. The Morgan fingerprint density at radius 3 is 1.90 bits per heavy atom. The number of benzene rings is 4. The van der Waals surface area contributed by atoms with Crippen molar-refractivity contribution in [1.29, 1.82) is 0 Å². The van der Waals surface area contributed by atoms with Crippen molar-refractivity contribution < 1.29 is 0 Å². The van der Waals surface area contributed by atoms with Crippen LogP contribution in [0.5, 0.6) is 0 Å². The van der Waals surface area contributed by atoms with E-state index >= 15 is 0 Å². The second-order valence-electron chi connectivity index (χ2n) is 8.78. The van der Waals surface area contributed by atoms with Crippen LogP contribution < -0.4 is 0 Å².